The van der Waals surface area contributed by atoms with E-state index in [4.69, 9.17) is 21.2 Å². The van der Waals surface area contributed by atoms with E-state index in [1.165, 1.54) is 13.2 Å². The van der Waals surface area contributed by atoms with E-state index in [1.807, 2.05) is 6.92 Å². The molecule has 1 atom stereocenters. The Morgan fingerprint density at radius 1 is 1.48 bits per heavy atom. The summed E-state index contributed by atoms with van der Waals surface area (Å²) in [5.74, 6) is -0.518. The van der Waals surface area contributed by atoms with Gasteiger partial charge in [0.05, 0.1) is 30.6 Å². The summed E-state index contributed by atoms with van der Waals surface area (Å²) < 4.78 is 20.5. The van der Waals surface area contributed by atoms with Crippen LogP contribution in [0.25, 0.3) is 11.3 Å². The first-order valence-electron chi connectivity index (χ1n) is 7.25. The number of hydrogen-bond acceptors (Lipinski definition) is 5. The van der Waals surface area contributed by atoms with Gasteiger partial charge < -0.3 is 9.57 Å². The molecular formula is C15H16ClFN4O2. The molecule has 1 aliphatic heterocycles. The second-order valence-electron chi connectivity index (χ2n) is 5.24. The highest BCUT2D eigenvalue weighted by Gasteiger charge is 2.21. The van der Waals surface area contributed by atoms with Gasteiger partial charge in [0.1, 0.15) is 5.69 Å². The van der Waals surface area contributed by atoms with Crippen LogP contribution < -0.4 is 4.74 Å². The smallest absolute Gasteiger partial charge is 0.173 e. The molecule has 1 aromatic heterocycles. The minimum atomic E-state index is -0.537. The number of methoxy groups -OCH3 is 1. The third-order valence-corrected chi connectivity index (χ3v) is 3.91. The van der Waals surface area contributed by atoms with Gasteiger partial charge in [-0.3, -0.25) is 0 Å². The van der Waals surface area contributed by atoms with Crippen LogP contribution in [-0.4, -0.2) is 33.9 Å². The largest absolute Gasteiger partial charge is 0.492 e. The minimum Gasteiger partial charge on any atom is -0.492 e. The molecule has 1 aliphatic rings. The van der Waals surface area contributed by atoms with Crippen LogP contribution in [0.5, 0.6) is 5.75 Å². The van der Waals surface area contributed by atoms with Crippen molar-refractivity contribution in [2.45, 2.75) is 32.4 Å². The average molecular weight is 339 g/mol. The number of ether oxygens (including phenoxy) is 1. The van der Waals surface area contributed by atoms with E-state index < -0.39 is 5.82 Å². The van der Waals surface area contributed by atoms with Crippen molar-refractivity contribution in [2.75, 3.05) is 7.11 Å². The maximum absolute atomic E-state index is 13.9. The summed E-state index contributed by atoms with van der Waals surface area (Å²) in [6, 6.07) is 2.92. The Balaban J connectivity index is 1.75. The average Bonchev–Trinajstić information content (AvgIpc) is 3.16. The van der Waals surface area contributed by atoms with Crippen molar-refractivity contribution in [3.63, 3.8) is 0 Å². The van der Waals surface area contributed by atoms with E-state index in [-0.39, 0.29) is 16.9 Å². The van der Waals surface area contributed by atoms with Crippen LogP contribution in [0.15, 0.2) is 23.5 Å². The summed E-state index contributed by atoms with van der Waals surface area (Å²) in [6.45, 7) is 2.58. The third kappa shape index (κ3) is 3.29. The number of oxime groups is 1. The highest BCUT2D eigenvalue weighted by Crippen LogP contribution is 2.32. The molecule has 0 amide bonds. The molecule has 2 heterocycles. The zero-order valence-electron chi connectivity index (χ0n) is 12.8. The van der Waals surface area contributed by atoms with Gasteiger partial charge in [-0.2, -0.15) is 0 Å². The number of hydrogen-bond donors (Lipinski definition) is 0. The summed E-state index contributed by atoms with van der Waals surface area (Å²) in [7, 11) is 1.37. The van der Waals surface area contributed by atoms with E-state index in [2.05, 4.69) is 15.5 Å². The molecule has 122 valence electrons. The van der Waals surface area contributed by atoms with E-state index >= 15 is 0 Å². The molecule has 0 spiro atoms. The monoisotopic (exact) mass is 338 g/mol. The lowest BCUT2D eigenvalue weighted by atomic mass is 10.1. The first-order valence-corrected chi connectivity index (χ1v) is 7.63. The topological polar surface area (TPSA) is 61.5 Å². The molecule has 0 aliphatic carbocycles. The number of benzene rings is 1. The Kier molecular flexibility index (Phi) is 4.47. The van der Waals surface area contributed by atoms with E-state index in [9.17, 15) is 4.39 Å². The number of rotatable bonds is 5. The Labute approximate surface area is 137 Å². The van der Waals surface area contributed by atoms with Crippen molar-refractivity contribution in [1.82, 2.24) is 15.0 Å². The summed E-state index contributed by atoms with van der Waals surface area (Å²) in [5, 5.41) is 12.3. The maximum atomic E-state index is 13.9. The maximum Gasteiger partial charge on any atom is 0.173 e. The van der Waals surface area contributed by atoms with E-state index in [0.29, 0.717) is 17.8 Å². The predicted molar refractivity (Wildman–Crippen MR) is 84.2 cm³/mol. The number of nitrogens with zero attached hydrogens (tertiary/aromatic N) is 4. The quantitative estimate of drug-likeness (QED) is 0.839. The highest BCUT2D eigenvalue weighted by atomic mass is 35.5. The van der Waals surface area contributed by atoms with Gasteiger partial charge in [0.2, 0.25) is 0 Å². The van der Waals surface area contributed by atoms with Gasteiger partial charge in [0.15, 0.2) is 17.7 Å². The van der Waals surface area contributed by atoms with Crippen molar-refractivity contribution < 1.29 is 14.0 Å². The van der Waals surface area contributed by atoms with Crippen LogP contribution in [0, 0.1) is 5.82 Å². The van der Waals surface area contributed by atoms with Crippen LogP contribution in [0.4, 0.5) is 4.39 Å². The minimum absolute atomic E-state index is 0.0198. The van der Waals surface area contributed by atoms with Gasteiger partial charge in [-0.1, -0.05) is 28.9 Å². The first kappa shape index (κ1) is 15.7. The third-order valence-electron chi connectivity index (χ3n) is 3.63. The number of halogens is 2. The van der Waals surface area contributed by atoms with Crippen molar-refractivity contribution >= 4 is 17.3 Å². The van der Waals surface area contributed by atoms with Crippen molar-refractivity contribution in [3.05, 3.63) is 29.2 Å². The fourth-order valence-corrected chi connectivity index (χ4v) is 2.71. The van der Waals surface area contributed by atoms with E-state index in [0.717, 1.165) is 18.6 Å². The molecule has 0 saturated carbocycles. The van der Waals surface area contributed by atoms with Crippen molar-refractivity contribution in [1.29, 1.82) is 0 Å². The van der Waals surface area contributed by atoms with Crippen molar-refractivity contribution in [3.8, 4) is 17.0 Å². The molecule has 8 heteroatoms. The Morgan fingerprint density at radius 3 is 2.96 bits per heavy atom. The molecule has 2 aromatic rings. The zero-order chi connectivity index (χ0) is 16.4. The summed E-state index contributed by atoms with van der Waals surface area (Å²) in [6.07, 6.45) is 3.35. The molecule has 6 nitrogen and oxygen atoms in total. The van der Waals surface area contributed by atoms with Crippen LogP contribution >= 0.6 is 11.6 Å². The van der Waals surface area contributed by atoms with Gasteiger partial charge in [-0.05, 0) is 18.6 Å². The van der Waals surface area contributed by atoms with Gasteiger partial charge >= 0.3 is 0 Å². The van der Waals surface area contributed by atoms with Crippen molar-refractivity contribution in [2.24, 2.45) is 5.16 Å². The summed E-state index contributed by atoms with van der Waals surface area (Å²) >= 11 is 6.01. The SMILES string of the molecule is CCC1=NOC(Cn2cc(-c3cc(F)c(OC)c(Cl)c3)nn2)C1. The van der Waals surface area contributed by atoms with Crippen LogP contribution in [0.2, 0.25) is 5.02 Å². The Hall–Kier alpha value is -2.15. The molecule has 1 unspecified atom stereocenters. The fraction of sp³-hybridized carbons (Fsp3) is 0.400. The second kappa shape index (κ2) is 6.54. The highest BCUT2D eigenvalue weighted by molar-refractivity contribution is 6.32. The van der Waals surface area contributed by atoms with Gasteiger partial charge in [-0.25, -0.2) is 9.07 Å². The fourth-order valence-electron chi connectivity index (χ4n) is 2.42. The van der Waals surface area contributed by atoms with Crippen LogP contribution in [0.3, 0.4) is 0 Å². The van der Waals surface area contributed by atoms with Gasteiger partial charge in [0.25, 0.3) is 0 Å². The Bertz CT molecular complexity index is 724. The second-order valence-corrected chi connectivity index (χ2v) is 5.65. The lowest BCUT2D eigenvalue weighted by Gasteiger charge is -2.07. The van der Waals surface area contributed by atoms with Gasteiger partial charge in [0, 0.05) is 12.0 Å². The molecule has 0 saturated heterocycles. The van der Waals surface area contributed by atoms with Gasteiger partial charge in [-0.15, -0.1) is 5.10 Å². The normalized spacial score (nSPS) is 17.0. The van der Waals surface area contributed by atoms with Crippen LogP contribution in [0.1, 0.15) is 19.8 Å². The lowest BCUT2D eigenvalue weighted by Crippen LogP contribution is -2.16. The summed E-state index contributed by atoms with van der Waals surface area (Å²) in [4.78, 5) is 5.35. The lowest BCUT2D eigenvalue weighted by molar-refractivity contribution is 0.0693. The summed E-state index contributed by atoms with van der Waals surface area (Å²) in [5.41, 5.74) is 2.11. The molecule has 3 rings (SSSR count). The molecule has 23 heavy (non-hydrogen) atoms. The number of aromatic nitrogens is 3. The predicted octanol–water partition coefficient (Wildman–Crippen LogP) is 3.30. The molecular weight excluding hydrogens is 323 g/mol. The first-order chi connectivity index (χ1) is 11.1. The molecule has 0 fully saturated rings. The zero-order valence-corrected chi connectivity index (χ0v) is 13.5. The van der Waals surface area contributed by atoms with E-state index in [1.54, 1.807) is 16.9 Å². The van der Waals surface area contributed by atoms with Crippen LogP contribution in [-0.2, 0) is 11.4 Å². The molecule has 1 aromatic carbocycles. The molecule has 0 bridgehead atoms. The Morgan fingerprint density at radius 2 is 2.30 bits per heavy atom. The molecule has 0 N–H and O–H groups in total. The standard InChI is InChI=1S/C15H16ClFN4O2/c1-3-10-6-11(23-19-10)7-21-8-14(18-20-21)9-4-12(16)15(22-2)13(17)5-9/h4-5,8,11H,3,6-7H2,1-2H3. The molecule has 0 radical (unpaired) electrons.